The lowest BCUT2D eigenvalue weighted by molar-refractivity contribution is -0.159. The first-order valence-electron chi connectivity index (χ1n) is 11.1. The molecule has 7 nitrogen and oxygen atoms in total. The van der Waals surface area contributed by atoms with E-state index in [-0.39, 0.29) is 0 Å². The van der Waals surface area contributed by atoms with Crippen molar-refractivity contribution in [2.45, 2.75) is 90.7 Å². The van der Waals surface area contributed by atoms with Crippen LogP contribution >= 0.6 is 11.8 Å². The lowest BCUT2D eigenvalue weighted by Gasteiger charge is -2.18. The van der Waals surface area contributed by atoms with Crippen molar-refractivity contribution < 1.29 is 24.5 Å². The summed E-state index contributed by atoms with van der Waals surface area (Å²) in [6.07, 6.45) is 19.5. The van der Waals surface area contributed by atoms with E-state index in [0.29, 0.717) is 6.10 Å². The van der Waals surface area contributed by atoms with Crippen LogP contribution in [0.1, 0.15) is 78.1 Å². The van der Waals surface area contributed by atoms with Gasteiger partial charge in [-0.2, -0.15) is 11.8 Å². The number of carboxylic acids is 2. The van der Waals surface area contributed by atoms with Crippen LogP contribution in [0.3, 0.4) is 0 Å². The summed E-state index contributed by atoms with van der Waals surface area (Å²) in [4.78, 5) is 22.3. The van der Waals surface area contributed by atoms with Gasteiger partial charge < -0.3 is 19.5 Å². The number of rotatable bonds is 17. The van der Waals surface area contributed by atoms with Crippen molar-refractivity contribution in [3.05, 3.63) is 18.7 Å². The normalized spacial score (nSPS) is 11.5. The molecule has 30 heavy (non-hydrogen) atoms. The number of aromatic nitrogens is 2. The van der Waals surface area contributed by atoms with Crippen LogP contribution in [0.15, 0.2) is 18.7 Å². The van der Waals surface area contributed by atoms with Gasteiger partial charge in [0.15, 0.2) is 0 Å². The highest BCUT2D eigenvalue weighted by atomic mass is 32.2. The minimum atomic E-state index is -1.82. The van der Waals surface area contributed by atoms with Gasteiger partial charge in [-0.1, -0.05) is 65.2 Å². The summed E-state index contributed by atoms with van der Waals surface area (Å²) in [5.74, 6) is -1.28. The molecule has 1 aromatic heterocycles. The molecule has 0 saturated heterocycles. The van der Waals surface area contributed by atoms with Gasteiger partial charge in [0.05, 0.1) is 19.0 Å². The first kappa shape index (κ1) is 28.5. The topological polar surface area (TPSA) is 102 Å². The van der Waals surface area contributed by atoms with Crippen LogP contribution in [-0.2, 0) is 20.9 Å². The SMILES string of the molecule is CCCCCCCCSCC(Cn1ccnc1)OCCCCCC.O=C(O)C(=O)O. The van der Waals surface area contributed by atoms with E-state index in [1.54, 1.807) is 0 Å². The summed E-state index contributed by atoms with van der Waals surface area (Å²) in [6, 6.07) is 0. The van der Waals surface area contributed by atoms with Crippen LogP contribution in [0.2, 0.25) is 0 Å². The van der Waals surface area contributed by atoms with Crippen molar-refractivity contribution in [3.63, 3.8) is 0 Å². The van der Waals surface area contributed by atoms with Crippen molar-refractivity contribution in [3.8, 4) is 0 Å². The number of aliphatic carboxylic acids is 2. The molecule has 0 saturated carbocycles. The van der Waals surface area contributed by atoms with E-state index in [1.807, 2.05) is 18.7 Å². The lowest BCUT2D eigenvalue weighted by atomic mass is 10.1. The fourth-order valence-corrected chi connectivity index (χ4v) is 3.80. The summed E-state index contributed by atoms with van der Waals surface area (Å²) in [5, 5.41) is 14.8. The molecule has 8 heteroatoms. The number of thioether (sulfide) groups is 1. The van der Waals surface area contributed by atoms with Gasteiger partial charge in [-0.25, -0.2) is 14.6 Å². The standard InChI is InChI=1S/C20H38N2OS.C2H2O4/c1-3-5-7-9-10-12-16-24-18-20(17-22-14-13-21-19-22)23-15-11-8-6-4-2;3-1(4)2(5)6/h13-14,19-20H,3-12,15-18H2,1-2H3;(H,3,4)(H,5,6). The third kappa shape index (κ3) is 18.5. The Bertz CT molecular complexity index is 514. The molecule has 1 heterocycles. The number of carboxylic acid groups (broad SMARTS) is 2. The molecular weight excluding hydrogens is 404 g/mol. The fourth-order valence-electron chi connectivity index (χ4n) is 2.76. The van der Waals surface area contributed by atoms with Crippen molar-refractivity contribution >= 4 is 23.7 Å². The Morgan fingerprint density at radius 1 is 0.967 bits per heavy atom. The van der Waals surface area contributed by atoms with Crippen molar-refractivity contribution in [1.82, 2.24) is 9.55 Å². The number of unbranched alkanes of at least 4 members (excludes halogenated alkanes) is 8. The Kier molecular flexibility index (Phi) is 19.7. The van der Waals surface area contributed by atoms with E-state index in [0.717, 1.165) is 18.9 Å². The first-order valence-corrected chi connectivity index (χ1v) is 12.3. The van der Waals surface area contributed by atoms with Gasteiger partial charge in [-0.3, -0.25) is 0 Å². The van der Waals surface area contributed by atoms with E-state index < -0.39 is 11.9 Å². The van der Waals surface area contributed by atoms with Crippen molar-refractivity contribution in [1.29, 1.82) is 0 Å². The second kappa shape index (κ2) is 20.7. The van der Waals surface area contributed by atoms with E-state index in [4.69, 9.17) is 24.5 Å². The Hall–Kier alpha value is -1.54. The molecule has 0 bridgehead atoms. The maximum Gasteiger partial charge on any atom is 0.414 e. The van der Waals surface area contributed by atoms with E-state index in [1.165, 1.54) is 70.0 Å². The summed E-state index contributed by atoms with van der Waals surface area (Å²) in [6.45, 7) is 6.36. The average Bonchev–Trinajstić information content (AvgIpc) is 3.23. The number of hydrogen-bond donors (Lipinski definition) is 2. The van der Waals surface area contributed by atoms with Gasteiger partial charge in [-0.15, -0.1) is 0 Å². The lowest BCUT2D eigenvalue weighted by Crippen LogP contribution is -2.23. The summed E-state index contributed by atoms with van der Waals surface area (Å²) < 4.78 is 8.29. The fraction of sp³-hybridized carbons (Fsp3) is 0.773. The molecule has 1 aromatic rings. The molecule has 0 aliphatic rings. The number of nitrogens with zero attached hydrogens (tertiary/aromatic N) is 2. The molecule has 0 fully saturated rings. The summed E-state index contributed by atoms with van der Waals surface area (Å²) >= 11 is 2.06. The molecule has 0 aliphatic carbocycles. The predicted octanol–water partition coefficient (Wildman–Crippen LogP) is 5.10. The first-order chi connectivity index (χ1) is 14.5. The van der Waals surface area contributed by atoms with Gasteiger partial charge >= 0.3 is 11.9 Å². The number of carbonyl (C=O) groups is 2. The van der Waals surface area contributed by atoms with Crippen LogP contribution in [0.5, 0.6) is 0 Å². The third-order valence-electron chi connectivity index (χ3n) is 4.45. The molecule has 0 aliphatic heterocycles. The number of ether oxygens (including phenoxy) is 1. The van der Waals surface area contributed by atoms with Crippen LogP contribution in [0.25, 0.3) is 0 Å². The van der Waals surface area contributed by atoms with Gasteiger partial charge in [0, 0.05) is 24.8 Å². The molecule has 2 N–H and O–H groups in total. The highest BCUT2D eigenvalue weighted by molar-refractivity contribution is 7.99. The van der Waals surface area contributed by atoms with Crippen molar-refractivity contribution in [2.24, 2.45) is 0 Å². The average molecular weight is 445 g/mol. The maximum atomic E-state index is 9.10. The zero-order valence-electron chi connectivity index (χ0n) is 18.6. The Balaban J connectivity index is 0.00000122. The highest BCUT2D eigenvalue weighted by Crippen LogP contribution is 2.14. The molecule has 0 spiro atoms. The van der Waals surface area contributed by atoms with Gasteiger partial charge in [0.25, 0.3) is 0 Å². The summed E-state index contributed by atoms with van der Waals surface area (Å²) in [5.41, 5.74) is 0. The van der Waals surface area contributed by atoms with E-state index >= 15 is 0 Å². The minimum Gasteiger partial charge on any atom is -0.473 e. The van der Waals surface area contributed by atoms with Gasteiger partial charge in [0.1, 0.15) is 0 Å². The zero-order valence-corrected chi connectivity index (χ0v) is 19.4. The molecular formula is C22H40N2O5S. The van der Waals surface area contributed by atoms with Crippen LogP contribution in [0.4, 0.5) is 0 Å². The summed E-state index contributed by atoms with van der Waals surface area (Å²) in [7, 11) is 0. The quantitative estimate of drug-likeness (QED) is 0.255. The Labute approximate surface area is 185 Å². The Morgan fingerprint density at radius 2 is 1.57 bits per heavy atom. The number of imidazole rings is 1. The zero-order chi connectivity index (χ0) is 22.5. The molecule has 0 radical (unpaired) electrons. The smallest absolute Gasteiger partial charge is 0.414 e. The minimum absolute atomic E-state index is 0.311. The predicted molar refractivity (Wildman–Crippen MR) is 122 cm³/mol. The highest BCUT2D eigenvalue weighted by Gasteiger charge is 2.10. The molecule has 174 valence electrons. The van der Waals surface area contributed by atoms with Gasteiger partial charge in [0.2, 0.25) is 0 Å². The molecule has 1 atom stereocenters. The molecule has 0 aromatic carbocycles. The van der Waals surface area contributed by atoms with E-state index in [9.17, 15) is 0 Å². The second-order valence-electron chi connectivity index (χ2n) is 7.27. The molecule has 0 amide bonds. The van der Waals surface area contributed by atoms with E-state index in [2.05, 4.69) is 35.2 Å². The molecule has 1 rings (SSSR count). The Morgan fingerprint density at radius 3 is 2.13 bits per heavy atom. The number of hydrogen-bond acceptors (Lipinski definition) is 5. The maximum absolute atomic E-state index is 9.10. The second-order valence-corrected chi connectivity index (χ2v) is 8.42. The third-order valence-corrected chi connectivity index (χ3v) is 5.64. The van der Waals surface area contributed by atoms with Gasteiger partial charge in [-0.05, 0) is 18.6 Å². The largest absolute Gasteiger partial charge is 0.473 e. The van der Waals surface area contributed by atoms with Crippen LogP contribution in [0, 0.1) is 0 Å². The van der Waals surface area contributed by atoms with Crippen LogP contribution < -0.4 is 0 Å². The van der Waals surface area contributed by atoms with Crippen molar-refractivity contribution in [2.75, 3.05) is 18.1 Å². The molecule has 1 unspecified atom stereocenters. The van der Waals surface area contributed by atoms with Crippen LogP contribution in [-0.4, -0.2) is 55.9 Å². The monoisotopic (exact) mass is 444 g/mol.